The number of carbonyl (C=O) groups is 2. The van der Waals surface area contributed by atoms with Gasteiger partial charge in [-0.2, -0.15) is 8.78 Å². The minimum Gasteiger partial charge on any atom is -0.373 e. The van der Waals surface area contributed by atoms with E-state index in [1.54, 1.807) is 25.5 Å². The summed E-state index contributed by atoms with van der Waals surface area (Å²) in [4.78, 5) is 41.6. The Bertz CT molecular complexity index is 1420. The summed E-state index contributed by atoms with van der Waals surface area (Å²) in [5.74, 6) is -4.89. The second-order valence-electron chi connectivity index (χ2n) is 7.69. The van der Waals surface area contributed by atoms with Gasteiger partial charge in [-0.1, -0.05) is 0 Å². The smallest absolute Gasteiger partial charge is 0.307 e. The molecule has 34 heavy (non-hydrogen) atoms. The first-order valence-electron chi connectivity index (χ1n) is 10.3. The second kappa shape index (κ2) is 8.89. The first-order chi connectivity index (χ1) is 16.2. The van der Waals surface area contributed by atoms with Gasteiger partial charge in [0.1, 0.15) is 11.5 Å². The predicted molar refractivity (Wildman–Crippen MR) is 124 cm³/mol. The van der Waals surface area contributed by atoms with Crippen molar-refractivity contribution in [2.45, 2.75) is 19.8 Å². The van der Waals surface area contributed by atoms with Crippen LogP contribution in [0.3, 0.4) is 0 Å². The molecule has 1 amide bonds. The molecule has 0 radical (unpaired) electrons. The summed E-state index contributed by atoms with van der Waals surface area (Å²) in [5, 5.41) is 6.45. The lowest BCUT2D eigenvalue weighted by molar-refractivity contribution is 0.0221. The van der Waals surface area contributed by atoms with Crippen LogP contribution in [0.4, 0.5) is 20.3 Å². The Morgan fingerprint density at radius 2 is 1.76 bits per heavy atom. The molecule has 0 atom stereocenters. The molecular weight excluding hydrogens is 442 g/mol. The number of nitrogens with one attached hydrogen (secondary N) is 2. The van der Waals surface area contributed by atoms with Crippen LogP contribution < -0.4 is 10.6 Å². The van der Waals surface area contributed by atoms with E-state index in [2.05, 4.69) is 30.6 Å². The third kappa shape index (κ3) is 4.70. The van der Waals surface area contributed by atoms with Crippen molar-refractivity contribution in [3.8, 4) is 11.1 Å². The third-order valence-electron chi connectivity index (χ3n) is 5.13. The molecule has 2 N–H and O–H groups in total. The fraction of sp³-hybridized carbons (Fsp3) is 0.167. The van der Waals surface area contributed by atoms with Gasteiger partial charge in [-0.05, 0) is 31.2 Å². The highest BCUT2D eigenvalue weighted by atomic mass is 19.3. The number of pyridine rings is 4. The number of nitrogens with zero attached hydrogens (tertiary/aromatic N) is 4. The zero-order valence-electron chi connectivity index (χ0n) is 18.6. The van der Waals surface area contributed by atoms with Crippen molar-refractivity contribution in [1.82, 2.24) is 19.9 Å². The summed E-state index contributed by atoms with van der Waals surface area (Å²) in [6, 6.07) is 7.67. The number of alkyl halides is 2. The molecule has 0 aliphatic carbocycles. The lowest BCUT2D eigenvalue weighted by atomic mass is 10.0. The van der Waals surface area contributed by atoms with Crippen LogP contribution in [-0.2, 0) is 0 Å². The molecule has 172 valence electrons. The zero-order valence-corrected chi connectivity index (χ0v) is 18.6. The highest BCUT2D eigenvalue weighted by molar-refractivity contribution is 6.06. The number of hydrogen-bond donors (Lipinski definition) is 2. The van der Waals surface area contributed by atoms with Gasteiger partial charge >= 0.3 is 5.92 Å². The second-order valence-corrected chi connectivity index (χ2v) is 7.69. The van der Waals surface area contributed by atoms with Crippen LogP contribution in [0.1, 0.15) is 33.5 Å². The maximum absolute atomic E-state index is 13.4. The highest BCUT2D eigenvalue weighted by Crippen LogP contribution is 2.28. The zero-order chi connectivity index (χ0) is 24.5. The first kappa shape index (κ1) is 22.8. The Kier molecular flexibility index (Phi) is 5.97. The van der Waals surface area contributed by atoms with E-state index in [1.807, 2.05) is 19.1 Å². The lowest BCUT2D eigenvalue weighted by Crippen LogP contribution is -2.25. The number of amides is 1. The van der Waals surface area contributed by atoms with Gasteiger partial charge in [-0.3, -0.25) is 24.5 Å². The molecule has 0 fully saturated rings. The summed E-state index contributed by atoms with van der Waals surface area (Å²) < 4.78 is 26.7. The van der Waals surface area contributed by atoms with E-state index in [0.29, 0.717) is 18.4 Å². The number of hydrogen-bond acceptors (Lipinski definition) is 7. The molecule has 4 aromatic rings. The van der Waals surface area contributed by atoms with Gasteiger partial charge in [0.05, 0.1) is 17.4 Å². The molecule has 10 heteroatoms. The normalized spacial score (nSPS) is 11.3. The molecule has 0 unspecified atom stereocenters. The van der Waals surface area contributed by atoms with E-state index in [-0.39, 0.29) is 11.3 Å². The Hall–Kier alpha value is -4.34. The highest BCUT2D eigenvalue weighted by Gasteiger charge is 2.33. The van der Waals surface area contributed by atoms with E-state index in [9.17, 15) is 18.4 Å². The SMILES string of the molecule is CNc1cc2ncc(-c3cc(NC(=O)c4cc(C(=O)C(C)(F)F)ccn4)cnc3C)cc2cn1. The fourth-order valence-corrected chi connectivity index (χ4v) is 3.34. The van der Waals surface area contributed by atoms with Gasteiger partial charge in [0, 0.05) is 66.4 Å². The van der Waals surface area contributed by atoms with Crippen LogP contribution in [0, 0.1) is 6.92 Å². The Morgan fingerprint density at radius 1 is 0.971 bits per heavy atom. The number of rotatable bonds is 6. The molecule has 4 heterocycles. The van der Waals surface area contributed by atoms with Crippen LogP contribution in [0.15, 0.2) is 55.1 Å². The van der Waals surface area contributed by atoms with Crippen molar-refractivity contribution in [1.29, 1.82) is 0 Å². The van der Waals surface area contributed by atoms with E-state index >= 15 is 0 Å². The number of halogens is 2. The maximum Gasteiger partial charge on any atom is 0.307 e. The molecule has 0 saturated heterocycles. The number of aromatic nitrogens is 4. The topological polar surface area (TPSA) is 110 Å². The van der Waals surface area contributed by atoms with Crippen LogP contribution in [0.5, 0.6) is 0 Å². The molecular formula is C24H20F2N6O2. The average molecular weight is 462 g/mol. The van der Waals surface area contributed by atoms with Gasteiger partial charge in [-0.25, -0.2) is 4.98 Å². The number of Topliss-reactive ketones (excluding diaryl/α,β-unsaturated/α-hetero) is 1. The standard InChI is InChI=1S/C24H20F2N6O2/c1-13-18(15-6-16-11-31-21(27-3)9-19(16)30-10-15)8-17(12-29-13)32-23(34)20-7-14(4-5-28-20)22(33)24(2,25)26/h4-12H,1-3H3,(H,27,31)(H,32,34). The van der Waals surface area contributed by atoms with Crippen molar-refractivity contribution < 1.29 is 18.4 Å². The van der Waals surface area contributed by atoms with E-state index < -0.39 is 17.6 Å². The van der Waals surface area contributed by atoms with Gasteiger partial charge in [-0.15, -0.1) is 0 Å². The Morgan fingerprint density at radius 3 is 2.50 bits per heavy atom. The summed E-state index contributed by atoms with van der Waals surface area (Å²) in [7, 11) is 1.78. The molecule has 0 spiro atoms. The summed E-state index contributed by atoms with van der Waals surface area (Å²) in [6.07, 6.45) is 6.03. The quantitative estimate of drug-likeness (QED) is 0.405. The molecule has 8 nitrogen and oxygen atoms in total. The van der Waals surface area contributed by atoms with Gasteiger partial charge in [0.15, 0.2) is 0 Å². The van der Waals surface area contributed by atoms with Crippen LogP contribution in [0.2, 0.25) is 0 Å². The molecule has 0 aliphatic rings. The Labute approximate surface area is 193 Å². The number of carbonyl (C=O) groups excluding carboxylic acids is 2. The van der Waals surface area contributed by atoms with Gasteiger partial charge in [0.25, 0.3) is 5.91 Å². The molecule has 4 aromatic heterocycles. The summed E-state index contributed by atoms with van der Waals surface area (Å²) in [5.41, 5.74) is 2.92. The van der Waals surface area contributed by atoms with E-state index in [0.717, 1.165) is 46.1 Å². The largest absolute Gasteiger partial charge is 0.373 e. The lowest BCUT2D eigenvalue weighted by Gasteiger charge is -2.11. The first-order valence-corrected chi connectivity index (χ1v) is 10.3. The Balaban J connectivity index is 1.61. The van der Waals surface area contributed by atoms with E-state index in [1.165, 1.54) is 6.20 Å². The number of anilines is 2. The number of ketones is 1. The summed E-state index contributed by atoms with van der Waals surface area (Å²) in [6.45, 7) is 2.33. The van der Waals surface area contributed by atoms with Crippen molar-refractivity contribution in [3.63, 3.8) is 0 Å². The van der Waals surface area contributed by atoms with Crippen LogP contribution in [-0.4, -0.2) is 44.6 Å². The predicted octanol–water partition coefficient (Wildman–Crippen LogP) is 4.53. The van der Waals surface area contributed by atoms with Crippen LogP contribution >= 0.6 is 0 Å². The van der Waals surface area contributed by atoms with Crippen molar-refractivity contribution in [2.24, 2.45) is 0 Å². The van der Waals surface area contributed by atoms with E-state index in [4.69, 9.17) is 0 Å². The van der Waals surface area contributed by atoms with Gasteiger partial charge < -0.3 is 10.6 Å². The molecule has 0 aliphatic heterocycles. The monoisotopic (exact) mass is 462 g/mol. The maximum atomic E-state index is 13.4. The molecule has 0 aromatic carbocycles. The van der Waals surface area contributed by atoms with Crippen LogP contribution in [0.25, 0.3) is 22.0 Å². The van der Waals surface area contributed by atoms with Gasteiger partial charge in [0.2, 0.25) is 5.78 Å². The van der Waals surface area contributed by atoms with Crippen molar-refractivity contribution in [3.05, 3.63) is 72.1 Å². The minimum atomic E-state index is -3.55. The molecule has 0 saturated carbocycles. The number of fused-ring (bicyclic) bond motifs is 1. The fourth-order valence-electron chi connectivity index (χ4n) is 3.34. The molecule has 4 rings (SSSR count). The molecule has 0 bridgehead atoms. The van der Waals surface area contributed by atoms with Crippen molar-refractivity contribution >= 4 is 34.1 Å². The summed E-state index contributed by atoms with van der Waals surface area (Å²) >= 11 is 0. The minimum absolute atomic E-state index is 0.170. The average Bonchev–Trinajstić information content (AvgIpc) is 2.83. The third-order valence-corrected chi connectivity index (χ3v) is 5.13. The van der Waals surface area contributed by atoms with Crippen molar-refractivity contribution in [2.75, 3.05) is 17.7 Å². The number of aryl methyl sites for hydroxylation is 1.